The fourth-order valence-corrected chi connectivity index (χ4v) is 1.08. The molecule has 0 saturated carbocycles. The van der Waals surface area contributed by atoms with Gasteiger partial charge < -0.3 is 5.11 Å². The largest absolute Gasteiger partial charge is 0.396 e. The standard InChI is InChI=1S/C8H17ClO2/c9-11-8-6-4-2-1-3-5-7-10/h10H,1-8H2. The Bertz CT molecular complexity index is 61.1. The summed E-state index contributed by atoms with van der Waals surface area (Å²) in [6.07, 6.45) is 6.73. The zero-order valence-corrected chi connectivity index (χ0v) is 7.65. The Kier molecular flexibility index (Phi) is 10.4. The highest BCUT2D eigenvalue weighted by atomic mass is 35.5. The molecule has 0 aliphatic carbocycles. The van der Waals surface area contributed by atoms with Crippen molar-refractivity contribution in [1.82, 2.24) is 0 Å². The van der Waals surface area contributed by atoms with Crippen molar-refractivity contribution in [2.45, 2.75) is 38.5 Å². The van der Waals surface area contributed by atoms with Crippen LogP contribution in [0.25, 0.3) is 0 Å². The fraction of sp³-hybridized carbons (Fsp3) is 1.00. The lowest BCUT2D eigenvalue weighted by Gasteiger charge is -1.98. The van der Waals surface area contributed by atoms with Crippen LogP contribution < -0.4 is 0 Å². The van der Waals surface area contributed by atoms with Gasteiger partial charge in [0.05, 0.1) is 18.5 Å². The normalized spacial score (nSPS) is 10.4. The van der Waals surface area contributed by atoms with Crippen molar-refractivity contribution in [3.8, 4) is 0 Å². The average Bonchev–Trinajstić information content (AvgIpc) is 2.03. The SMILES string of the molecule is OCCCCCCCCOCl. The van der Waals surface area contributed by atoms with E-state index in [-0.39, 0.29) is 0 Å². The van der Waals surface area contributed by atoms with Gasteiger partial charge in [-0.1, -0.05) is 25.7 Å². The molecule has 0 rings (SSSR count). The third-order valence-electron chi connectivity index (χ3n) is 1.63. The number of hydrogen-bond donors (Lipinski definition) is 1. The maximum absolute atomic E-state index is 8.47. The minimum absolute atomic E-state index is 0.324. The molecule has 0 radical (unpaired) electrons. The van der Waals surface area contributed by atoms with Crippen molar-refractivity contribution in [3.05, 3.63) is 0 Å². The van der Waals surface area contributed by atoms with Crippen LogP contribution in [0.4, 0.5) is 0 Å². The van der Waals surface area contributed by atoms with Gasteiger partial charge in [-0.2, -0.15) is 0 Å². The molecule has 3 heteroatoms. The van der Waals surface area contributed by atoms with E-state index in [2.05, 4.69) is 4.29 Å². The summed E-state index contributed by atoms with van der Waals surface area (Å²) in [5.74, 6) is 0. The van der Waals surface area contributed by atoms with Crippen molar-refractivity contribution in [2.75, 3.05) is 13.2 Å². The van der Waals surface area contributed by atoms with E-state index in [1.807, 2.05) is 0 Å². The lowest BCUT2D eigenvalue weighted by atomic mass is 10.1. The first kappa shape index (κ1) is 11.2. The predicted molar refractivity (Wildman–Crippen MR) is 46.6 cm³/mol. The second-order valence-electron chi connectivity index (χ2n) is 2.66. The van der Waals surface area contributed by atoms with E-state index in [9.17, 15) is 0 Å². The third-order valence-corrected chi connectivity index (χ3v) is 1.78. The molecule has 0 aromatic rings. The van der Waals surface area contributed by atoms with Gasteiger partial charge in [0.1, 0.15) is 0 Å². The zero-order valence-electron chi connectivity index (χ0n) is 6.89. The molecule has 0 fully saturated rings. The van der Waals surface area contributed by atoms with Gasteiger partial charge in [-0.05, 0) is 12.8 Å². The van der Waals surface area contributed by atoms with Crippen LogP contribution in [-0.2, 0) is 4.29 Å². The Hall–Kier alpha value is 0.210. The van der Waals surface area contributed by atoms with Crippen LogP contribution in [0.2, 0.25) is 0 Å². The number of aliphatic hydroxyl groups excluding tert-OH is 1. The van der Waals surface area contributed by atoms with E-state index in [1.165, 1.54) is 19.3 Å². The Morgan fingerprint density at radius 1 is 0.909 bits per heavy atom. The molecule has 0 atom stereocenters. The maximum atomic E-state index is 8.47. The van der Waals surface area contributed by atoms with E-state index >= 15 is 0 Å². The lowest BCUT2D eigenvalue weighted by Crippen LogP contribution is -1.86. The van der Waals surface area contributed by atoms with E-state index in [1.54, 1.807) is 0 Å². The van der Waals surface area contributed by atoms with E-state index < -0.39 is 0 Å². The molecule has 0 aliphatic rings. The summed E-state index contributed by atoms with van der Waals surface area (Å²) in [6, 6.07) is 0. The van der Waals surface area contributed by atoms with E-state index in [0.717, 1.165) is 19.3 Å². The summed E-state index contributed by atoms with van der Waals surface area (Å²) in [5.41, 5.74) is 0. The average molecular weight is 181 g/mol. The Morgan fingerprint density at radius 2 is 1.45 bits per heavy atom. The Morgan fingerprint density at radius 3 is 2.00 bits per heavy atom. The van der Waals surface area contributed by atoms with Gasteiger partial charge in [-0.15, -0.1) is 0 Å². The number of halogens is 1. The van der Waals surface area contributed by atoms with Crippen LogP contribution in [0.15, 0.2) is 0 Å². The molecular weight excluding hydrogens is 164 g/mol. The number of rotatable bonds is 8. The molecule has 0 aromatic heterocycles. The van der Waals surface area contributed by atoms with E-state index in [4.69, 9.17) is 17.0 Å². The summed E-state index contributed by atoms with van der Waals surface area (Å²) >= 11 is 5.03. The molecular formula is C8H17ClO2. The maximum Gasteiger partial charge on any atom is 0.0682 e. The number of hydrogen-bond acceptors (Lipinski definition) is 2. The second kappa shape index (κ2) is 10.2. The quantitative estimate of drug-likeness (QED) is 0.582. The topological polar surface area (TPSA) is 29.5 Å². The highest BCUT2D eigenvalue weighted by Gasteiger charge is 1.90. The number of aliphatic hydroxyl groups is 1. The summed E-state index contributed by atoms with van der Waals surface area (Å²) in [7, 11) is 0. The zero-order chi connectivity index (χ0) is 8.36. The van der Waals surface area contributed by atoms with Crippen molar-refractivity contribution < 1.29 is 9.40 Å². The van der Waals surface area contributed by atoms with Crippen LogP contribution >= 0.6 is 11.9 Å². The first-order valence-corrected chi connectivity index (χ1v) is 4.57. The van der Waals surface area contributed by atoms with Gasteiger partial charge in [-0.3, -0.25) is 4.29 Å². The minimum atomic E-state index is 0.324. The summed E-state index contributed by atoms with van der Waals surface area (Å²) in [6.45, 7) is 0.979. The van der Waals surface area contributed by atoms with Crippen LogP contribution in [0, 0.1) is 0 Å². The van der Waals surface area contributed by atoms with Crippen LogP contribution in [0.1, 0.15) is 38.5 Å². The summed E-state index contributed by atoms with van der Waals surface area (Å²) < 4.78 is 4.40. The molecule has 0 bridgehead atoms. The summed E-state index contributed by atoms with van der Waals surface area (Å²) in [4.78, 5) is 0. The van der Waals surface area contributed by atoms with Gasteiger partial charge in [0.25, 0.3) is 0 Å². The van der Waals surface area contributed by atoms with Crippen molar-refractivity contribution in [3.63, 3.8) is 0 Å². The molecule has 0 unspecified atom stereocenters. The Labute approximate surface area is 73.7 Å². The lowest BCUT2D eigenvalue weighted by molar-refractivity contribution is 0.281. The molecule has 11 heavy (non-hydrogen) atoms. The van der Waals surface area contributed by atoms with Gasteiger partial charge in [0, 0.05) is 6.61 Å². The van der Waals surface area contributed by atoms with E-state index in [0.29, 0.717) is 13.2 Å². The molecule has 1 N–H and O–H groups in total. The second-order valence-corrected chi connectivity index (χ2v) is 2.88. The molecule has 0 heterocycles. The molecule has 0 aliphatic heterocycles. The molecule has 0 amide bonds. The minimum Gasteiger partial charge on any atom is -0.396 e. The third kappa shape index (κ3) is 10.2. The van der Waals surface area contributed by atoms with Gasteiger partial charge >= 0.3 is 0 Å². The van der Waals surface area contributed by atoms with Crippen molar-refractivity contribution >= 4 is 11.9 Å². The van der Waals surface area contributed by atoms with Crippen molar-refractivity contribution in [1.29, 1.82) is 0 Å². The molecule has 0 saturated heterocycles. The molecule has 0 spiro atoms. The highest BCUT2D eigenvalue weighted by molar-refractivity contribution is 6.07. The van der Waals surface area contributed by atoms with Crippen molar-refractivity contribution in [2.24, 2.45) is 0 Å². The molecule has 2 nitrogen and oxygen atoms in total. The van der Waals surface area contributed by atoms with Crippen LogP contribution in [0.3, 0.4) is 0 Å². The van der Waals surface area contributed by atoms with Crippen LogP contribution in [-0.4, -0.2) is 18.3 Å². The fourth-order valence-electron chi connectivity index (χ4n) is 0.976. The molecule has 68 valence electrons. The van der Waals surface area contributed by atoms with Gasteiger partial charge in [0.15, 0.2) is 0 Å². The summed E-state index contributed by atoms with van der Waals surface area (Å²) in [5, 5.41) is 8.47. The van der Waals surface area contributed by atoms with Gasteiger partial charge in [0.2, 0.25) is 0 Å². The first-order chi connectivity index (χ1) is 5.41. The van der Waals surface area contributed by atoms with Gasteiger partial charge in [-0.25, -0.2) is 0 Å². The Balaban J connectivity index is 2.69. The smallest absolute Gasteiger partial charge is 0.0682 e. The van der Waals surface area contributed by atoms with Crippen LogP contribution in [0.5, 0.6) is 0 Å². The number of unbranched alkanes of at least 4 members (excludes halogenated alkanes) is 5. The molecule has 0 aromatic carbocycles. The monoisotopic (exact) mass is 180 g/mol. The highest BCUT2D eigenvalue weighted by Crippen LogP contribution is 2.05. The predicted octanol–water partition coefficient (Wildman–Crippen LogP) is 2.49. The first-order valence-electron chi connectivity index (χ1n) is 4.26.